The smallest absolute Gasteiger partial charge is 0.260 e. The van der Waals surface area contributed by atoms with Crippen molar-refractivity contribution in [2.75, 3.05) is 5.43 Å². The van der Waals surface area contributed by atoms with E-state index in [0.717, 1.165) is 12.8 Å². The van der Waals surface area contributed by atoms with E-state index in [1.54, 1.807) is 12.1 Å². The van der Waals surface area contributed by atoms with Gasteiger partial charge < -0.3 is 5.43 Å². The van der Waals surface area contributed by atoms with Crippen molar-refractivity contribution in [3.8, 4) is 0 Å². The molecular weight excluding hydrogens is 252 g/mol. The molecule has 1 saturated carbocycles. The Labute approximate surface area is 107 Å². The van der Waals surface area contributed by atoms with E-state index >= 15 is 0 Å². The molecule has 1 unspecified atom stereocenters. The van der Waals surface area contributed by atoms with Gasteiger partial charge in [0.15, 0.2) is 5.03 Å². The summed E-state index contributed by atoms with van der Waals surface area (Å²) in [5.74, 6) is 5.72. The van der Waals surface area contributed by atoms with Gasteiger partial charge in [-0.15, -0.1) is 0 Å². The molecule has 4 N–H and O–H groups in total. The van der Waals surface area contributed by atoms with Gasteiger partial charge in [-0.1, -0.05) is 6.42 Å². The van der Waals surface area contributed by atoms with Gasteiger partial charge in [0, 0.05) is 12.2 Å². The molecule has 1 aromatic rings. The Hall–Kier alpha value is -1.18. The van der Waals surface area contributed by atoms with Crippen molar-refractivity contribution < 1.29 is 8.42 Å². The third kappa shape index (κ3) is 2.63. The minimum Gasteiger partial charge on any atom is -0.321 e. The summed E-state index contributed by atoms with van der Waals surface area (Å²) in [4.78, 5) is 3.88. The highest BCUT2D eigenvalue weighted by Crippen LogP contribution is 2.30. The topological polar surface area (TPSA) is 97.1 Å². The largest absolute Gasteiger partial charge is 0.321 e. The lowest BCUT2D eigenvalue weighted by molar-refractivity contribution is 0.260. The number of nitrogen functional groups attached to an aromatic ring is 1. The van der Waals surface area contributed by atoms with Gasteiger partial charge in [0.25, 0.3) is 10.0 Å². The maximum Gasteiger partial charge on any atom is 0.260 e. The van der Waals surface area contributed by atoms with Gasteiger partial charge in [0.05, 0.1) is 5.69 Å². The minimum atomic E-state index is -3.63. The molecule has 1 heterocycles. The number of hydrogen-bond donors (Lipinski definition) is 3. The molecule has 18 heavy (non-hydrogen) atoms. The van der Waals surface area contributed by atoms with Crippen LogP contribution in [-0.2, 0) is 10.0 Å². The van der Waals surface area contributed by atoms with Crippen LogP contribution in [0.15, 0.2) is 23.4 Å². The van der Waals surface area contributed by atoms with E-state index in [1.165, 1.54) is 12.6 Å². The molecule has 1 aliphatic carbocycles. The maximum absolute atomic E-state index is 12.2. The molecule has 100 valence electrons. The van der Waals surface area contributed by atoms with Crippen LogP contribution in [0.1, 0.15) is 26.2 Å². The van der Waals surface area contributed by atoms with Crippen molar-refractivity contribution >= 4 is 15.7 Å². The van der Waals surface area contributed by atoms with Crippen LogP contribution in [0, 0.1) is 5.92 Å². The number of aromatic nitrogens is 1. The van der Waals surface area contributed by atoms with E-state index < -0.39 is 10.0 Å². The average molecular weight is 270 g/mol. The van der Waals surface area contributed by atoms with Gasteiger partial charge in [0.2, 0.25) is 0 Å². The van der Waals surface area contributed by atoms with Crippen LogP contribution in [0.2, 0.25) is 0 Å². The Morgan fingerprint density at radius 2 is 2.22 bits per heavy atom. The van der Waals surface area contributed by atoms with Crippen molar-refractivity contribution in [3.63, 3.8) is 0 Å². The lowest BCUT2D eigenvalue weighted by Crippen LogP contribution is -2.41. The average Bonchev–Trinajstić information content (AvgIpc) is 2.25. The zero-order valence-electron chi connectivity index (χ0n) is 10.3. The summed E-state index contributed by atoms with van der Waals surface area (Å²) in [5.41, 5.74) is 2.65. The number of pyridine rings is 1. The molecule has 0 amide bonds. The fraction of sp³-hybridized carbons (Fsp3) is 0.545. The third-order valence-corrected chi connectivity index (χ3v) is 4.90. The fourth-order valence-corrected chi connectivity index (χ4v) is 3.46. The zero-order chi connectivity index (χ0) is 13.2. The summed E-state index contributed by atoms with van der Waals surface area (Å²) in [5, 5.41) is -0.0568. The first-order valence-corrected chi connectivity index (χ1v) is 7.47. The number of nitrogens with one attached hydrogen (secondary N) is 2. The van der Waals surface area contributed by atoms with Crippen molar-refractivity contribution in [2.45, 2.75) is 37.3 Å². The first-order valence-electron chi connectivity index (χ1n) is 5.98. The second-order valence-electron chi connectivity index (χ2n) is 4.60. The maximum atomic E-state index is 12.2. The van der Waals surface area contributed by atoms with Crippen molar-refractivity contribution in [2.24, 2.45) is 11.8 Å². The molecule has 0 spiro atoms. The van der Waals surface area contributed by atoms with Gasteiger partial charge in [-0.25, -0.2) is 18.1 Å². The van der Waals surface area contributed by atoms with Crippen LogP contribution in [0.5, 0.6) is 0 Å². The molecule has 1 fully saturated rings. The Bertz CT molecular complexity index is 514. The number of nitrogens with two attached hydrogens (primary N) is 1. The molecule has 0 aromatic carbocycles. The molecular formula is C11H18N4O2S. The predicted octanol–water partition coefficient (Wildman–Crippen LogP) is 0.834. The lowest BCUT2D eigenvalue weighted by atomic mass is 9.81. The van der Waals surface area contributed by atoms with Gasteiger partial charge in [0.1, 0.15) is 0 Å². The number of sulfonamides is 1. The van der Waals surface area contributed by atoms with E-state index in [-0.39, 0.29) is 11.1 Å². The van der Waals surface area contributed by atoms with Crippen LogP contribution in [0.25, 0.3) is 0 Å². The van der Waals surface area contributed by atoms with E-state index in [9.17, 15) is 8.42 Å². The Kier molecular flexibility index (Phi) is 3.84. The molecule has 6 nitrogen and oxygen atoms in total. The Morgan fingerprint density at radius 3 is 2.78 bits per heavy atom. The van der Waals surface area contributed by atoms with Gasteiger partial charge in [-0.05, 0) is 37.8 Å². The molecule has 7 heteroatoms. The first-order chi connectivity index (χ1) is 8.54. The normalized spacial score (nSPS) is 18.1. The molecule has 1 aromatic heterocycles. The Morgan fingerprint density at radius 1 is 1.50 bits per heavy atom. The second kappa shape index (κ2) is 5.21. The zero-order valence-corrected chi connectivity index (χ0v) is 11.1. The quantitative estimate of drug-likeness (QED) is 0.544. The van der Waals surface area contributed by atoms with E-state index in [4.69, 9.17) is 5.84 Å². The highest BCUT2D eigenvalue weighted by atomic mass is 32.2. The molecule has 1 aliphatic rings. The molecule has 2 rings (SSSR count). The summed E-state index contributed by atoms with van der Waals surface area (Å²) in [6.07, 6.45) is 4.77. The van der Waals surface area contributed by atoms with Crippen LogP contribution < -0.4 is 16.0 Å². The highest BCUT2D eigenvalue weighted by Gasteiger charge is 2.29. The van der Waals surface area contributed by atoms with Crippen molar-refractivity contribution in [3.05, 3.63) is 18.3 Å². The Balaban J connectivity index is 2.19. The summed E-state index contributed by atoms with van der Waals surface area (Å²) in [7, 11) is -3.63. The van der Waals surface area contributed by atoms with E-state index in [2.05, 4.69) is 15.1 Å². The van der Waals surface area contributed by atoms with Gasteiger partial charge in [-0.2, -0.15) is 0 Å². The van der Waals surface area contributed by atoms with Crippen LogP contribution in [0.3, 0.4) is 0 Å². The molecule has 0 aliphatic heterocycles. The summed E-state index contributed by atoms with van der Waals surface area (Å²) < 4.78 is 27.1. The first kappa shape index (κ1) is 13.3. The standard InChI is InChI=1S/C11H18N4O2S/c1-8(9-4-2-5-9)15-18(16,17)11-10(14-12)6-3-7-13-11/h3,6-9,14-15H,2,4-5,12H2,1H3. The molecule has 0 radical (unpaired) electrons. The number of hydrogen-bond acceptors (Lipinski definition) is 5. The molecule has 0 saturated heterocycles. The number of anilines is 1. The van der Waals surface area contributed by atoms with Crippen LogP contribution in [-0.4, -0.2) is 19.4 Å². The predicted molar refractivity (Wildman–Crippen MR) is 69.2 cm³/mol. The summed E-state index contributed by atoms with van der Waals surface area (Å²) >= 11 is 0. The van der Waals surface area contributed by atoms with Crippen LogP contribution in [0.4, 0.5) is 5.69 Å². The van der Waals surface area contributed by atoms with Gasteiger partial charge in [-0.3, -0.25) is 5.84 Å². The van der Waals surface area contributed by atoms with Crippen molar-refractivity contribution in [1.82, 2.24) is 9.71 Å². The fourth-order valence-electron chi connectivity index (χ4n) is 2.05. The lowest BCUT2D eigenvalue weighted by Gasteiger charge is -2.31. The second-order valence-corrected chi connectivity index (χ2v) is 6.23. The third-order valence-electron chi connectivity index (χ3n) is 3.38. The molecule has 1 atom stereocenters. The number of hydrazine groups is 1. The molecule has 0 bridgehead atoms. The highest BCUT2D eigenvalue weighted by molar-refractivity contribution is 7.89. The van der Waals surface area contributed by atoms with Gasteiger partial charge >= 0.3 is 0 Å². The van der Waals surface area contributed by atoms with Crippen LogP contribution >= 0.6 is 0 Å². The number of nitrogens with zero attached hydrogens (tertiary/aromatic N) is 1. The van der Waals surface area contributed by atoms with E-state index in [0.29, 0.717) is 11.6 Å². The van der Waals surface area contributed by atoms with E-state index in [1.807, 2.05) is 6.92 Å². The minimum absolute atomic E-state index is 0.0568. The summed E-state index contributed by atoms with van der Waals surface area (Å²) in [6, 6.07) is 3.13. The van der Waals surface area contributed by atoms with Crippen molar-refractivity contribution in [1.29, 1.82) is 0 Å². The SMILES string of the molecule is CC(NS(=O)(=O)c1ncccc1NN)C1CCC1. The number of rotatable bonds is 5. The summed E-state index contributed by atoms with van der Waals surface area (Å²) in [6.45, 7) is 1.89. The monoisotopic (exact) mass is 270 g/mol.